The predicted molar refractivity (Wildman–Crippen MR) is 99.5 cm³/mol. The van der Waals surface area contributed by atoms with Crippen LogP contribution in [0.2, 0.25) is 5.02 Å². The maximum absolute atomic E-state index is 12.2. The molecular formula is C20H21ClN2O. The first kappa shape index (κ1) is 16.7. The lowest BCUT2D eigenvalue weighted by Crippen LogP contribution is -2.22. The zero-order valence-electron chi connectivity index (χ0n) is 13.5. The van der Waals surface area contributed by atoms with Gasteiger partial charge in [0.1, 0.15) is 5.82 Å². The number of hydrogen-bond donors (Lipinski definition) is 1. The van der Waals surface area contributed by atoms with Crippen molar-refractivity contribution in [2.24, 2.45) is 0 Å². The summed E-state index contributed by atoms with van der Waals surface area (Å²) < 4.78 is 0. The molecule has 0 saturated heterocycles. The number of nitrogens with one attached hydrogen (secondary N) is 1. The zero-order valence-corrected chi connectivity index (χ0v) is 14.3. The number of anilines is 1. The van der Waals surface area contributed by atoms with Crippen LogP contribution in [0.15, 0.2) is 48.7 Å². The van der Waals surface area contributed by atoms with E-state index < -0.39 is 0 Å². The first-order chi connectivity index (χ1) is 11.7. The first-order valence-corrected chi connectivity index (χ1v) is 8.80. The number of benzene rings is 1. The van der Waals surface area contributed by atoms with Gasteiger partial charge in [-0.15, -0.1) is 0 Å². The Kier molecular flexibility index (Phi) is 5.65. The molecular weight excluding hydrogens is 320 g/mol. The summed E-state index contributed by atoms with van der Waals surface area (Å²) in [6, 6.07) is 11.6. The molecule has 1 heterocycles. The van der Waals surface area contributed by atoms with Gasteiger partial charge in [-0.3, -0.25) is 4.79 Å². The van der Waals surface area contributed by atoms with E-state index >= 15 is 0 Å². The van der Waals surface area contributed by atoms with Gasteiger partial charge in [-0.05, 0) is 48.8 Å². The number of halogens is 1. The monoisotopic (exact) mass is 340 g/mol. The van der Waals surface area contributed by atoms with E-state index in [1.54, 1.807) is 18.3 Å². The van der Waals surface area contributed by atoms with Gasteiger partial charge in [-0.1, -0.05) is 49.1 Å². The Bertz CT molecular complexity index is 719. The van der Waals surface area contributed by atoms with Crippen LogP contribution in [0, 0.1) is 0 Å². The molecule has 24 heavy (non-hydrogen) atoms. The lowest BCUT2D eigenvalue weighted by Gasteiger charge is -2.23. The van der Waals surface area contributed by atoms with Crippen LogP contribution in [0.4, 0.5) is 5.82 Å². The Balaban J connectivity index is 1.62. The molecule has 0 atom stereocenters. The number of carbonyl (C=O) groups is 1. The molecule has 1 aliphatic carbocycles. The molecule has 0 spiro atoms. The van der Waals surface area contributed by atoms with Crippen molar-refractivity contribution in [3.63, 3.8) is 0 Å². The van der Waals surface area contributed by atoms with Crippen LogP contribution in [0.25, 0.3) is 6.08 Å². The van der Waals surface area contributed by atoms with Gasteiger partial charge in [0, 0.05) is 22.8 Å². The predicted octanol–water partition coefficient (Wildman–Crippen LogP) is 5.38. The molecule has 3 nitrogen and oxygen atoms in total. The number of aromatic nitrogens is 1. The van der Waals surface area contributed by atoms with Gasteiger partial charge < -0.3 is 5.32 Å². The average molecular weight is 341 g/mol. The summed E-state index contributed by atoms with van der Waals surface area (Å²) in [6.45, 7) is 0. The molecule has 0 bridgehead atoms. The molecule has 0 aliphatic heterocycles. The molecule has 1 N–H and O–H groups in total. The fraction of sp³-hybridized carbons (Fsp3) is 0.300. The fourth-order valence-electron chi connectivity index (χ4n) is 2.95. The Morgan fingerprint density at radius 3 is 2.62 bits per heavy atom. The molecule has 1 saturated carbocycles. The van der Waals surface area contributed by atoms with E-state index in [1.165, 1.54) is 38.2 Å². The molecule has 0 amide bonds. The average Bonchev–Trinajstić information content (AvgIpc) is 2.62. The van der Waals surface area contributed by atoms with E-state index in [0.29, 0.717) is 16.6 Å². The number of ketones is 1. The van der Waals surface area contributed by atoms with Gasteiger partial charge in [0.25, 0.3) is 0 Å². The van der Waals surface area contributed by atoms with E-state index in [0.717, 1.165) is 11.4 Å². The highest BCUT2D eigenvalue weighted by Crippen LogP contribution is 2.21. The molecule has 0 unspecified atom stereocenters. The minimum Gasteiger partial charge on any atom is -0.367 e. The lowest BCUT2D eigenvalue weighted by atomic mass is 9.95. The van der Waals surface area contributed by atoms with Crippen molar-refractivity contribution < 1.29 is 4.79 Å². The summed E-state index contributed by atoms with van der Waals surface area (Å²) in [7, 11) is 0. The molecule has 3 rings (SSSR count). The summed E-state index contributed by atoms with van der Waals surface area (Å²) in [5.41, 5.74) is 1.41. The number of pyridine rings is 1. The summed E-state index contributed by atoms with van der Waals surface area (Å²) in [6.07, 6.45) is 11.2. The minimum absolute atomic E-state index is 0.0772. The van der Waals surface area contributed by atoms with Crippen molar-refractivity contribution in [3.8, 4) is 0 Å². The first-order valence-electron chi connectivity index (χ1n) is 8.42. The van der Waals surface area contributed by atoms with Crippen molar-refractivity contribution >= 4 is 29.3 Å². The highest BCUT2D eigenvalue weighted by atomic mass is 35.5. The number of hydrogen-bond acceptors (Lipinski definition) is 3. The second kappa shape index (κ2) is 8.11. The van der Waals surface area contributed by atoms with Crippen molar-refractivity contribution in [3.05, 3.63) is 64.8 Å². The van der Waals surface area contributed by atoms with Crippen molar-refractivity contribution in [2.45, 2.75) is 38.1 Å². The number of allylic oxidation sites excluding steroid dienone is 1. The lowest BCUT2D eigenvalue weighted by molar-refractivity contribution is 0.104. The molecule has 0 radical (unpaired) electrons. The largest absolute Gasteiger partial charge is 0.367 e. The number of nitrogens with zero attached hydrogens (tertiary/aromatic N) is 1. The minimum atomic E-state index is -0.0772. The second-order valence-electron chi connectivity index (χ2n) is 6.13. The Morgan fingerprint density at radius 1 is 1.12 bits per heavy atom. The molecule has 1 aromatic heterocycles. The molecule has 4 heteroatoms. The SMILES string of the molecule is O=C(/C=C/c1ccccc1Cl)c1ccc(NC2CCCCC2)nc1. The normalized spacial score (nSPS) is 15.5. The van der Waals surface area contributed by atoms with Crippen molar-refractivity contribution in [1.82, 2.24) is 4.98 Å². The standard InChI is InChI=1S/C20H21ClN2O/c21-18-9-5-4-6-15(18)10-12-19(24)16-11-13-20(22-14-16)23-17-7-2-1-3-8-17/h4-6,9-14,17H,1-3,7-8H2,(H,22,23)/b12-10+. The maximum atomic E-state index is 12.2. The van der Waals surface area contributed by atoms with Gasteiger partial charge in [-0.2, -0.15) is 0 Å². The van der Waals surface area contributed by atoms with Crippen molar-refractivity contribution in [2.75, 3.05) is 5.32 Å². The van der Waals surface area contributed by atoms with Gasteiger partial charge >= 0.3 is 0 Å². The van der Waals surface area contributed by atoms with Crippen LogP contribution >= 0.6 is 11.6 Å². The van der Waals surface area contributed by atoms with Crippen LogP contribution in [0.3, 0.4) is 0 Å². The summed E-state index contributed by atoms with van der Waals surface area (Å²) in [4.78, 5) is 16.6. The molecule has 1 aliphatic rings. The third-order valence-electron chi connectivity index (χ3n) is 4.32. The van der Waals surface area contributed by atoms with E-state index in [-0.39, 0.29) is 5.78 Å². The van der Waals surface area contributed by atoms with Gasteiger partial charge in [0.15, 0.2) is 5.78 Å². The summed E-state index contributed by atoms with van der Waals surface area (Å²) in [5.74, 6) is 0.764. The number of rotatable bonds is 5. The topological polar surface area (TPSA) is 42.0 Å². The third kappa shape index (κ3) is 4.45. The van der Waals surface area contributed by atoms with Crippen LogP contribution in [0.5, 0.6) is 0 Å². The zero-order chi connectivity index (χ0) is 16.8. The second-order valence-corrected chi connectivity index (χ2v) is 6.54. The molecule has 2 aromatic rings. The summed E-state index contributed by atoms with van der Waals surface area (Å²) >= 11 is 6.08. The van der Waals surface area contributed by atoms with Crippen molar-refractivity contribution in [1.29, 1.82) is 0 Å². The summed E-state index contributed by atoms with van der Waals surface area (Å²) in [5, 5.41) is 4.09. The van der Waals surface area contributed by atoms with E-state index in [2.05, 4.69) is 10.3 Å². The van der Waals surface area contributed by atoms with Gasteiger partial charge in [0.2, 0.25) is 0 Å². The molecule has 124 valence electrons. The van der Waals surface area contributed by atoms with Crippen LogP contribution in [-0.2, 0) is 0 Å². The van der Waals surface area contributed by atoms with E-state index in [4.69, 9.17) is 11.6 Å². The maximum Gasteiger partial charge on any atom is 0.187 e. The highest BCUT2D eigenvalue weighted by molar-refractivity contribution is 6.32. The number of carbonyl (C=O) groups excluding carboxylic acids is 1. The Labute approximate surface area is 147 Å². The highest BCUT2D eigenvalue weighted by Gasteiger charge is 2.13. The fourth-order valence-corrected chi connectivity index (χ4v) is 3.15. The van der Waals surface area contributed by atoms with Crippen LogP contribution < -0.4 is 5.32 Å². The van der Waals surface area contributed by atoms with Gasteiger partial charge in [-0.25, -0.2) is 4.98 Å². The molecule has 1 fully saturated rings. The van der Waals surface area contributed by atoms with E-state index in [1.807, 2.05) is 30.3 Å². The third-order valence-corrected chi connectivity index (χ3v) is 4.67. The van der Waals surface area contributed by atoms with Crippen LogP contribution in [0.1, 0.15) is 48.0 Å². The molecule has 1 aromatic carbocycles. The Hall–Kier alpha value is -2.13. The van der Waals surface area contributed by atoms with Crippen LogP contribution in [-0.4, -0.2) is 16.8 Å². The quantitative estimate of drug-likeness (QED) is 0.587. The smallest absolute Gasteiger partial charge is 0.187 e. The van der Waals surface area contributed by atoms with E-state index in [9.17, 15) is 4.79 Å². The Morgan fingerprint density at radius 2 is 1.92 bits per heavy atom. The van der Waals surface area contributed by atoms with Gasteiger partial charge in [0.05, 0.1) is 0 Å².